The third kappa shape index (κ3) is 3.60. The molecule has 110 valence electrons. The molecule has 1 saturated carbocycles. The van der Waals surface area contributed by atoms with Crippen molar-refractivity contribution in [3.05, 3.63) is 23.8 Å². The van der Waals surface area contributed by atoms with E-state index in [-0.39, 0.29) is 11.9 Å². The molecule has 1 aromatic carbocycles. The van der Waals surface area contributed by atoms with Crippen LogP contribution in [-0.4, -0.2) is 30.6 Å². The van der Waals surface area contributed by atoms with E-state index in [2.05, 4.69) is 11.6 Å². The largest absolute Gasteiger partial charge is 0.495 e. The van der Waals surface area contributed by atoms with Crippen LogP contribution in [0.25, 0.3) is 0 Å². The Kier molecular flexibility index (Phi) is 5.17. The van der Waals surface area contributed by atoms with Gasteiger partial charge in [-0.1, -0.05) is 6.42 Å². The quantitative estimate of drug-likeness (QED) is 0.838. The lowest BCUT2D eigenvalue weighted by Crippen LogP contribution is -2.39. The molecule has 1 aromatic rings. The van der Waals surface area contributed by atoms with Crippen molar-refractivity contribution in [3.63, 3.8) is 0 Å². The van der Waals surface area contributed by atoms with Gasteiger partial charge in [0.05, 0.1) is 12.8 Å². The average molecular weight is 294 g/mol. The number of carbonyl (C=O) groups excluding carboxylic acids is 1. The lowest BCUT2D eigenvalue weighted by Gasteiger charge is -2.28. The van der Waals surface area contributed by atoms with Crippen LogP contribution in [0.5, 0.6) is 5.75 Å². The molecule has 20 heavy (non-hydrogen) atoms. The van der Waals surface area contributed by atoms with Gasteiger partial charge in [0.15, 0.2) is 0 Å². The zero-order chi connectivity index (χ0) is 14.5. The zero-order valence-electron chi connectivity index (χ0n) is 12.0. The fraction of sp³-hybridized carbons (Fsp3) is 0.533. The highest BCUT2D eigenvalue weighted by Gasteiger charge is 2.23. The minimum Gasteiger partial charge on any atom is -0.495 e. The molecular weight excluding hydrogens is 272 g/mol. The third-order valence-electron chi connectivity index (χ3n) is 3.79. The molecule has 0 aromatic heterocycles. The Balaban J connectivity index is 1.99. The van der Waals surface area contributed by atoms with Gasteiger partial charge < -0.3 is 15.8 Å². The Labute approximate surface area is 124 Å². The first-order chi connectivity index (χ1) is 9.63. The molecule has 0 saturated heterocycles. The summed E-state index contributed by atoms with van der Waals surface area (Å²) in [4.78, 5) is 12.2. The Hall–Kier alpha value is -1.36. The van der Waals surface area contributed by atoms with Gasteiger partial charge in [-0.15, -0.1) is 0 Å². The number of thioether (sulfide) groups is 1. The Morgan fingerprint density at radius 2 is 2.25 bits per heavy atom. The van der Waals surface area contributed by atoms with Gasteiger partial charge in [0, 0.05) is 16.9 Å². The molecule has 2 unspecified atom stereocenters. The van der Waals surface area contributed by atoms with Crippen molar-refractivity contribution in [2.24, 2.45) is 0 Å². The van der Waals surface area contributed by atoms with Crippen LogP contribution in [0.15, 0.2) is 18.2 Å². The lowest BCUT2D eigenvalue weighted by molar-refractivity contribution is 0.0928. The molecule has 0 bridgehead atoms. The normalized spacial score (nSPS) is 22.3. The summed E-state index contributed by atoms with van der Waals surface area (Å²) < 4.78 is 5.10. The van der Waals surface area contributed by atoms with Gasteiger partial charge in [-0.2, -0.15) is 11.8 Å². The Morgan fingerprint density at radius 1 is 1.45 bits per heavy atom. The summed E-state index contributed by atoms with van der Waals surface area (Å²) in [5.41, 5.74) is 6.92. The summed E-state index contributed by atoms with van der Waals surface area (Å²) in [7, 11) is 1.57. The maximum atomic E-state index is 12.2. The van der Waals surface area contributed by atoms with Gasteiger partial charge in [0.2, 0.25) is 0 Å². The van der Waals surface area contributed by atoms with E-state index in [4.69, 9.17) is 10.5 Å². The van der Waals surface area contributed by atoms with Gasteiger partial charge in [0.1, 0.15) is 5.75 Å². The van der Waals surface area contributed by atoms with Gasteiger partial charge in [0.25, 0.3) is 5.91 Å². The molecule has 1 amide bonds. The van der Waals surface area contributed by atoms with Crippen molar-refractivity contribution >= 4 is 23.4 Å². The molecule has 3 N–H and O–H groups in total. The molecule has 1 aliphatic rings. The van der Waals surface area contributed by atoms with Crippen LogP contribution in [0, 0.1) is 0 Å². The summed E-state index contributed by atoms with van der Waals surface area (Å²) in [5.74, 6) is 0.549. The predicted molar refractivity (Wildman–Crippen MR) is 84.4 cm³/mol. The molecular formula is C15H22N2O2S. The van der Waals surface area contributed by atoms with E-state index in [1.165, 1.54) is 12.8 Å². The Morgan fingerprint density at radius 3 is 2.90 bits per heavy atom. The number of nitrogens with two attached hydrogens (primary N) is 1. The maximum Gasteiger partial charge on any atom is 0.251 e. The molecule has 1 fully saturated rings. The van der Waals surface area contributed by atoms with Crippen LogP contribution in [0.1, 0.15) is 36.0 Å². The summed E-state index contributed by atoms with van der Waals surface area (Å²) in [6.07, 6.45) is 6.69. The van der Waals surface area contributed by atoms with E-state index in [0.717, 1.165) is 12.8 Å². The third-order valence-corrected chi connectivity index (χ3v) is 4.88. The highest BCUT2D eigenvalue weighted by molar-refractivity contribution is 7.99. The molecule has 0 radical (unpaired) electrons. The first kappa shape index (κ1) is 15.0. The molecule has 2 rings (SSSR count). The first-order valence-electron chi connectivity index (χ1n) is 6.91. The molecule has 5 heteroatoms. The van der Waals surface area contributed by atoms with Crippen LogP contribution in [0.2, 0.25) is 0 Å². The number of methoxy groups -OCH3 is 1. The molecule has 1 aliphatic carbocycles. The van der Waals surface area contributed by atoms with Crippen molar-refractivity contribution in [1.82, 2.24) is 5.32 Å². The number of nitrogen functional groups attached to an aromatic ring is 1. The number of ether oxygens (including phenoxy) is 1. The number of rotatable bonds is 4. The molecule has 0 aliphatic heterocycles. The first-order valence-corrected chi connectivity index (χ1v) is 8.20. The van der Waals surface area contributed by atoms with E-state index in [1.807, 2.05) is 11.8 Å². The number of anilines is 1. The van der Waals surface area contributed by atoms with Gasteiger partial charge >= 0.3 is 0 Å². The van der Waals surface area contributed by atoms with Crippen molar-refractivity contribution in [2.75, 3.05) is 19.1 Å². The van der Waals surface area contributed by atoms with Crippen LogP contribution >= 0.6 is 11.8 Å². The van der Waals surface area contributed by atoms with Gasteiger partial charge in [-0.25, -0.2) is 0 Å². The zero-order valence-corrected chi connectivity index (χ0v) is 12.8. The van der Waals surface area contributed by atoms with Crippen LogP contribution in [0.3, 0.4) is 0 Å². The summed E-state index contributed by atoms with van der Waals surface area (Å²) >= 11 is 1.89. The van der Waals surface area contributed by atoms with Crippen molar-refractivity contribution in [2.45, 2.75) is 37.0 Å². The second-order valence-corrected chi connectivity index (χ2v) is 6.29. The van der Waals surface area contributed by atoms with Crippen molar-refractivity contribution in [3.8, 4) is 5.75 Å². The summed E-state index contributed by atoms with van der Waals surface area (Å²) in [5, 5.41) is 3.78. The SMILES string of the molecule is COc1ccc(C(=O)NC2CCCC(SC)C2)cc1N. The number of hydrogen-bond donors (Lipinski definition) is 2. The number of carbonyl (C=O) groups is 1. The smallest absolute Gasteiger partial charge is 0.251 e. The monoisotopic (exact) mass is 294 g/mol. The van der Waals surface area contributed by atoms with E-state index in [0.29, 0.717) is 22.3 Å². The highest BCUT2D eigenvalue weighted by Crippen LogP contribution is 2.27. The number of hydrogen-bond acceptors (Lipinski definition) is 4. The van der Waals surface area contributed by atoms with Gasteiger partial charge in [-0.05, 0) is 43.7 Å². The number of amides is 1. The molecule has 2 atom stereocenters. The van der Waals surface area contributed by atoms with Crippen LogP contribution in [-0.2, 0) is 0 Å². The second kappa shape index (κ2) is 6.88. The summed E-state index contributed by atoms with van der Waals surface area (Å²) in [6.45, 7) is 0. The second-order valence-electron chi connectivity index (χ2n) is 5.15. The standard InChI is InChI=1S/C15H22N2O2S/c1-19-14-7-6-10(8-13(14)16)15(18)17-11-4-3-5-12(9-11)20-2/h6-8,11-12H,3-5,9,16H2,1-2H3,(H,17,18). The molecule has 0 heterocycles. The van der Waals surface area contributed by atoms with Crippen molar-refractivity contribution < 1.29 is 9.53 Å². The average Bonchev–Trinajstić information content (AvgIpc) is 2.47. The number of benzene rings is 1. The van der Waals surface area contributed by atoms with E-state index in [1.54, 1.807) is 25.3 Å². The van der Waals surface area contributed by atoms with Gasteiger partial charge in [-0.3, -0.25) is 4.79 Å². The van der Waals surface area contributed by atoms with Crippen LogP contribution in [0.4, 0.5) is 5.69 Å². The topological polar surface area (TPSA) is 64.3 Å². The van der Waals surface area contributed by atoms with E-state index >= 15 is 0 Å². The molecule has 4 nitrogen and oxygen atoms in total. The lowest BCUT2D eigenvalue weighted by atomic mass is 9.94. The number of nitrogens with one attached hydrogen (secondary N) is 1. The van der Waals surface area contributed by atoms with E-state index in [9.17, 15) is 4.79 Å². The fourth-order valence-corrected chi connectivity index (χ4v) is 3.46. The minimum atomic E-state index is -0.0499. The highest BCUT2D eigenvalue weighted by atomic mass is 32.2. The van der Waals surface area contributed by atoms with Crippen molar-refractivity contribution in [1.29, 1.82) is 0 Å². The summed E-state index contributed by atoms with van der Waals surface area (Å²) in [6, 6.07) is 5.43. The Bertz CT molecular complexity index is 479. The van der Waals surface area contributed by atoms with Crippen LogP contribution < -0.4 is 15.8 Å². The minimum absolute atomic E-state index is 0.0499. The fourth-order valence-electron chi connectivity index (χ4n) is 2.63. The van der Waals surface area contributed by atoms with E-state index < -0.39 is 0 Å². The predicted octanol–water partition coefficient (Wildman–Crippen LogP) is 2.68. The molecule has 0 spiro atoms. The maximum absolute atomic E-state index is 12.2.